The van der Waals surface area contributed by atoms with E-state index in [-0.39, 0.29) is 5.41 Å². The van der Waals surface area contributed by atoms with Gasteiger partial charge in [-0.15, -0.1) is 0 Å². The molecule has 1 aliphatic heterocycles. The van der Waals surface area contributed by atoms with E-state index in [1.54, 1.807) is 0 Å². The van der Waals surface area contributed by atoms with Gasteiger partial charge in [0.15, 0.2) is 0 Å². The fourth-order valence-electron chi connectivity index (χ4n) is 2.09. The molecule has 0 saturated heterocycles. The first-order valence-corrected chi connectivity index (χ1v) is 6.10. The van der Waals surface area contributed by atoms with Crippen LogP contribution in [0.3, 0.4) is 0 Å². The Labute approximate surface area is 98.0 Å². The molecule has 0 aromatic heterocycles. The van der Waals surface area contributed by atoms with Crippen molar-refractivity contribution < 1.29 is 4.74 Å². The molecule has 0 spiro atoms. The summed E-state index contributed by atoms with van der Waals surface area (Å²) in [6.45, 7) is 9.50. The molecule has 0 radical (unpaired) electrons. The maximum absolute atomic E-state index is 5.67. The molecular formula is C14H21NO. The van der Waals surface area contributed by atoms with Gasteiger partial charge >= 0.3 is 0 Å². The second-order valence-corrected chi connectivity index (χ2v) is 5.18. The first-order chi connectivity index (χ1) is 7.63. The summed E-state index contributed by atoms with van der Waals surface area (Å²) in [6.07, 6.45) is 1.18. The Kier molecular flexibility index (Phi) is 3.20. The van der Waals surface area contributed by atoms with Crippen LogP contribution in [0.2, 0.25) is 0 Å². The van der Waals surface area contributed by atoms with Crippen molar-refractivity contribution >= 4 is 0 Å². The zero-order valence-electron chi connectivity index (χ0n) is 10.5. The van der Waals surface area contributed by atoms with Crippen LogP contribution < -0.4 is 10.1 Å². The first-order valence-electron chi connectivity index (χ1n) is 6.10. The van der Waals surface area contributed by atoms with Gasteiger partial charge in [-0.25, -0.2) is 0 Å². The molecule has 1 N–H and O–H groups in total. The standard InChI is InChI=1S/C14H21NO/c1-4-7-15-9-11-5-6-13-12(8-11)14(2,3)10-16-13/h5-6,8,15H,4,7,9-10H2,1-3H3. The lowest BCUT2D eigenvalue weighted by atomic mass is 9.86. The second kappa shape index (κ2) is 4.46. The molecule has 88 valence electrons. The van der Waals surface area contributed by atoms with Gasteiger partial charge in [-0.1, -0.05) is 32.9 Å². The fourth-order valence-corrected chi connectivity index (χ4v) is 2.09. The molecule has 2 nitrogen and oxygen atoms in total. The van der Waals surface area contributed by atoms with E-state index in [2.05, 4.69) is 44.3 Å². The highest BCUT2D eigenvalue weighted by molar-refractivity contribution is 5.45. The predicted octanol–water partition coefficient (Wildman–Crippen LogP) is 2.86. The smallest absolute Gasteiger partial charge is 0.123 e. The van der Waals surface area contributed by atoms with Crippen molar-refractivity contribution in [3.8, 4) is 5.75 Å². The van der Waals surface area contributed by atoms with E-state index < -0.39 is 0 Å². The minimum atomic E-state index is 0.163. The lowest BCUT2D eigenvalue weighted by Gasteiger charge is -2.16. The minimum absolute atomic E-state index is 0.163. The van der Waals surface area contributed by atoms with E-state index in [1.807, 2.05) is 0 Å². The van der Waals surface area contributed by atoms with Gasteiger partial charge in [0, 0.05) is 17.5 Å². The van der Waals surface area contributed by atoms with Gasteiger partial charge in [0.05, 0.1) is 6.61 Å². The van der Waals surface area contributed by atoms with Crippen LogP contribution >= 0.6 is 0 Å². The number of rotatable bonds is 4. The van der Waals surface area contributed by atoms with Gasteiger partial charge in [0.25, 0.3) is 0 Å². The maximum atomic E-state index is 5.67. The summed E-state index contributed by atoms with van der Waals surface area (Å²) in [5.74, 6) is 1.06. The normalized spacial score (nSPS) is 16.9. The Morgan fingerprint density at radius 2 is 2.19 bits per heavy atom. The molecule has 0 unspecified atom stereocenters. The average molecular weight is 219 g/mol. The Bertz CT molecular complexity index is 371. The van der Waals surface area contributed by atoms with Crippen LogP contribution in [0.1, 0.15) is 38.3 Å². The third kappa shape index (κ3) is 2.22. The van der Waals surface area contributed by atoms with Crippen molar-refractivity contribution in [1.82, 2.24) is 5.32 Å². The highest BCUT2D eigenvalue weighted by atomic mass is 16.5. The maximum Gasteiger partial charge on any atom is 0.123 e. The number of benzene rings is 1. The van der Waals surface area contributed by atoms with E-state index >= 15 is 0 Å². The van der Waals surface area contributed by atoms with Crippen LogP contribution in [0.5, 0.6) is 5.75 Å². The van der Waals surface area contributed by atoms with Crippen LogP contribution in [0, 0.1) is 0 Å². The van der Waals surface area contributed by atoms with Crippen molar-refractivity contribution in [1.29, 1.82) is 0 Å². The monoisotopic (exact) mass is 219 g/mol. The van der Waals surface area contributed by atoms with E-state index in [0.29, 0.717) is 0 Å². The second-order valence-electron chi connectivity index (χ2n) is 5.18. The molecule has 0 aliphatic carbocycles. The molecule has 16 heavy (non-hydrogen) atoms. The van der Waals surface area contributed by atoms with E-state index in [0.717, 1.165) is 25.4 Å². The molecule has 0 atom stereocenters. The van der Waals surface area contributed by atoms with Gasteiger partial charge in [0.2, 0.25) is 0 Å². The molecule has 2 rings (SSSR count). The number of hydrogen-bond donors (Lipinski definition) is 1. The molecule has 0 fully saturated rings. The van der Waals surface area contributed by atoms with Gasteiger partial charge in [-0.05, 0) is 24.6 Å². The molecule has 1 aromatic carbocycles. The number of hydrogen-bond acceptors (Lipinski definition) is 2. The summed E-state index contributed by atoms with van der Waals surface area (Å²) in [6, 6.07) is 6.54. The quantitative estimate of drug-likeness (QED) is 0.786. The molecular weight excluding hydrogens is 198 g/mol. The first kappa shape index (κ1) is 11.5. The third-order valence-corrected chi connectivity index (χ3v) is 3.12. The van der Waals surface area contributed by atoms with Crippen LogP contribution in [-0.2, 0) is 12.0 Å². The molecule has 1 aliphatic rings. The lowest BCUT2D eigenvalue weighted by molar-refractivity contribution is 0.291. The van der Waals surface area contributed by atoms with Gasteiger partial charge in [-0.2, -0.15) is 0 Å². The molecule has 0 bridgehead atoms. The van der Waals surface area contributed by atoms with Gasteiger partial charge < -0.3 is 10.1 Å². The Hall–Kier alpha value is -1.02. The number of ether oxygens (including phenoxy) is 1. The highest BCUT2D eigenvalue weighted by Crippen LogP contribution is 2.38. The highest BCUT2D eigenvalue weighted by Gasteiger charge is 2.31. The van der Waals surface area contributed by atoms with E-state index in [1.165, 1.54) is 17.5 Å². The lowest BCUT2D eigenvalue weighted by Crippen LogP contribution is -2.19. The van der Waals surface area contributed by atoms with Crippen LogP contribution in [0.15, 0.2) is 18.2 Å². The van der Waals surface area contributed by atoms with Crippen molar-refractivity contribution in [2.75, 3.05) is 13.2 Å². The topological polar surface area (TPSA) is 21.3 Å². The molecule has 0 saturated carbocycles. The molecule has 1 heterocycles. The van der Waals surface area contributed by atoms with Crippen molar-refractivity contribution in [3.05, 3.63) is 29.3 Å². The summed E-state index contributed by atoms with van der Waals surface area (Å²) < 4.78 is 5.67. The largest absolute Gasteiger partial charge is 0.492 e. The van der Waals surface area contributed by atoms with E-state index in [4.69, 9.17) is 4.74 Å². The minimum Gasteiger partial charge on any atom is -0.492 e. The Morgan fingerprint density at radius 1 is 1.38 bits per heavy atom. The number of nitrogens with one attached hydrogen (secondary N) is 1. The van der Waals surface area contributed by atoms with Crippen molar-refractivity contribution in [2.24, 2.45) is 0 Å². The summed E-state index contributed by atoms with van der Waals surface area (Å²) in [5.41, 5.74) is 2.87. The Balaban J connectivity index is 2.13. The zero-order valence-corrected chi connectivity index (χ0v) is 10.5. The summed E-state index contributed by atoms with van der Waals surface area (Å²) in [4.78, 5) is 0. The third-order valence-electron chi connectivity index (χ3n) is 3.12. The van der Waals surface area contributed by atoms with E-state index in [9.17, 15) is 0 Å². The van der Waals surface area contributed by atoms with Crippen molar-refractivity contribution in [2.45, 2.75) is 39.2 Å². The molecule has 0 amide bonds. The Morgan fingerprint density at radius 3 is 2.94 bits per heavy atom. The average Bonchev–Trinajstić information content (AvgIpc) is 2.56. The summed E-state index contributed by atoms with van der Waals surface area (Å²) >= 11 is 0. The van der Waals surface area contributed by atoms with Crippen LogP contribution in [0.25, 0.3) is 0 Å². The predicted molar refractivity (Wildman–Crippen MR) is 67.0 cm³/mol. The van der Waals surface area contributed by atoms with Crippen LogP contribution in [0.4, 0.5) is 0 Å². The fraction of sp³-hybridized carbons (Fsp3) is 0.571. The molecule has 2 heteroatoms. The van der Waals surface area contributed by atoms with Crippen molar-refractivity contribution in [3.63, 3.8) is 0 Å². The van der Waals surface area contributed by atoms with Gasteiger partial charge in [0.1, 0.15) is 5.75 Å². The summed E-state index contributed by atoms with van der Waals surface area (Å²) in [5, 5.41) is 3.43. The van der Waals surface area contributed by atoms with Crippen LogP contribution in [-0.4, -0.2) is 13.2 Å². The SMILES string of the molecule is CCCNCc1ccc2c(c1)C(C)(C)CO2. The number of fused-ring (bicyclic) bond motifs is 1. The zero-order chi connectivity index (χ0) is 11.6. The summed E-state index contributed by atoms with van der Waals surface area (Å²) in [7, 11) is 0. The van der Waals surface area contributed by atoms with Gasteiger partial charge in [-0.3, -0.25) is 0 Å². The molecule has 1 aromatic rings.